The molecule has 0 radical (unpaired) electrons. The molecule has 36 heavy (non-hydrogen) atoms. The van der Waals surface area contributed by atoms with Crippen LogP contribution in [0.15, 0.2) is 61.1 Å². The lowest BCUT2D eigenvalue weighted by molar-refractivity contribution is -0.118. The van der Waals surface area contributed by atoms with Gasteiger partial charge in [0.25, 0.3) is 11.8 Å². The number of benzene rings is 2. The number of carbonyl (C=O) groups is 3. The number of nitrogens with one attached hydrogen (secondary N) is 3. The maximum absolute atomic E-state index is 12.5. The number of anilines is 1. The van der Waals surface area contributed by atoms with Gasteiger partial charge in [-0.25, -0.2) is 14.8 Å². The quantitative estimate of drug-likeness (QED) is 0.285. The number of carboxylic acids is 1. The minimum Gasteiger partial charge on any atom is -0.482 e. The Balaban J connectivity index is 0.000000286. The predicted octanol–water partition coefficient (Wildman–Crippen LogP) is 2.62. The van der Waals surface area contributed by atoms with Gasteiger partial charge in [0.05, 0.1) is 11.2 Å². The Morgan fingerprint density at radius 3 is 2.67 bits per heavy atom. The molecule has 184 valence electrons. The van der Waals surface area contributed by atoms with E-state index in [0.29, 0.717) is 11.4 Å². The Morgan fingerprint density at radius 2 is 1.97 bits per heavy atom. The number of hydrogen-bond acceptors (Lipinski definition) is 7. The first kappa shape index (κ1) is 24.4. The van der Waals surface area contributed by atoms with Crippen LogP contribution in [0, 0.1) is 0 Å². The molecule has 2 aromatic heterocycles. The van der Waals surface area contributed by atoms with E-state index in [2.05, 4.69) is 25.6 Å². The van der Waals surface area contributed by atoms with Gasteiger partial charge in [-0.1, -0.05) is 36.4 Å². The van der Waals surface area contributed by atoms with E-state index in [1.54, 1.807) is 18.2 Å². The summed E-state index contributed by atoms with van der Waals surface area (Å²) in [6.45, 7) is 2.14. The number of ether oxygens (including phenoxy) is 1. The first-order chi connectivity index (χ1) is 17.3. The standard InChI is InChI=1S/C17H13N5O5.C8H11N/c23-12-6-27-11-2-1-8(3-10(11)22-12)4-19-16(24)15-14-13(20-7-21-15)9(5-18-14)17(25)26;1-7(9)8-5-3-2-4-6-8/h1-3,5,7,18H,4,6H2,(H,19,24)(H,22,23)(H,25,26);2-7H,9H2,1H3/t;7-/m.0/s1. The summed E-state index contributed by atoms with van der Waals surface area (Å²) in [5.41, 5.74) is 8.51. The summed E-state index contributed by atoms with van der Waals surface area (Å²) in [4.78, 5) is 45.7. The molecule has 11 heteroatoms. The minimum absolute atomic E-state index is 0.0265. The molecule has 1 aliphatic rings. The van der Waals surface area contributed by atoms with E-state index in [-0.39, 0.29) is 47.4 Å². The van der Waals surface area contributed by atoms with Gasteiger partial charge in [0, 0.05) is 18.8 Å². The third-order valence-corrected chi connectivity index (χ3v) is 5.36. The van der Waals surface area contributed by atoms with Crippen molar-refractivity contribution in [2.24, 2.45) is 5.73 Å². The lowest BCUT2D eigenvalue weighted by Crippen LogP contribution is -2.26. The number of rotatable bonds is 5. The second-order valence-electron chi connectivity index (χ2n) is 8.00. The highest BCUT2D eigenvalue weighted by atomic mass is 16.5. The van der Waals surface area contributed by atoms with Gasteiger partial charge in [0.15, 0.2) is 12.3 Å². The highest BCUT2D eigenvalue weighted by Gasteiger charge is 2.20. The number of hydrogen-bond donors (Lipinski definition) is 5. The van der Waals surface area contributed by atoms with Crippen LogP contribution < -0.4 is 21.1 Å². The largest absolute Gasteiger partial charge is 0.482 e. The van der Waals surface area contributed by atoms with Crippen molar-refractivity contribution >= 4 is 34.5 Å². The zero-order valence-corrected chi connectivity index (χ0v) is 19.3. The number of aromatic nitrogens is 3. The molecule has 6 N–H and O–H groups in total. The second kappa shape index (κ2) is 10.7. The fourth-order valence-electron chi connectivity index (χ4n) is 3.54. The molecule has 3 heterocycles. The summed E-state index contributed by atoms with van der Waals surface area (Å²) in [7, 11) is 0. The van der Waals surface area contributed by atoms with Gasteiger partial charge in [0.1, 0.15) is 23.2 Å². The average Bonchev–Trinajstić information content (AvgIpc) is 3.32. The number of amides is 2. The number of aromatic carboxylic acids is 1. The fraction of sp³-hybridized carbons (Fsp3) is 0.160. The monoisotopic (exact) mass is 488 g/mol. The maximum Gasteiger partial charge on any atom is 0.339 e. The number of carboxylic acid groups (broad SMARTS) is 1. The Bertz CT molecular complexity index is 1420. The zero-order chi connectivity index (χ0) is 25.7. The van der Waals surface area contributed by atoms with Crippen molar-refractivity contribution in [2.45, 2.75) is 19.5 Å². The normalized spacial score (nSPS) is 12.9. The van der Waals surface area contributed by atoms with Gasteiger partial charge >= 0.3 is 5.97 Å². The van der Waals surface area contributed by atoms with Crippen LogP contribution in [0.5, 0.6) is 5.75 Å². The molecule has 0 fully saturated rings. The summed E-state index contributed by atoms with van der Waals surface area (Å²) in [6, 6.07) is 15.4. The Morgan fingerprint density at radius 1 is 1.19 bits per heavy atom. The molecule has 0 aliphatic carbocycles. The Hall–Kier alpha value is -4.77. The molecule has 2 aromatic carbocycles. The van der Waals surface area contributed by atoms with Crippen LogP contribution in [0.1, 0.15) is 44.9 Å². The molecule has 0 spiro atoms. The maximum atomic E-state index is 12.5. The van der Waals surface area contributed by atoms with Crippen LogP contribution >= 0.6 is 0 Å². The third-order valence-electron chi connectivity index (χ3n) is 5.36. The Kier molecular flexibility index (Phi) is 7.21. The zero-order valence-electron chi connectivity index (χ0n) is 19.3. The SMILES string of the molecule is C[C@H](N)c1ccccc1.O=C1COc2ccc(CNC(=O)c3ncnc4c(C(=O)O)c[nH]c34)cc2N1. The van der Waals surface area contributed by atoms with Crippen LogP contribution in [0.3, 0.4) is 0 Å². The smallest absolute Gasteiger partial charge is 0.339 e. The number of carbonyl (C=O) groups excluding carboxylic acids is 2. The van der Waals surface area contributed by atoms with E-state index in [9.17, 15) is 14.4 Å². The van der Waals surface area contributed by atoms with E-state index < -0.39 is 11.9 Å². The highest BCUT2D eigenvalue weighted by molar-refractivity contribution is 6.08. The van der Waals surface area contributed by atoms with Gasteiger partial charge in [-0.15, -0.1) is 0 Å². The van der Waals surface area contributed by atoms with E-state index in [0.717, 1.165) is 11.9 Å². The van der Waals surface area contributed by atoms with Crippen LogP contribution in [-0.2, 0) is 11.3 Å². The summed E-state index contributed by atoms with van der Waals surface area (Å²) in [6.07, 6.45) is 2.41. The fourth-order valence-corrected chi connectivity index (χ4v) is 3.54. The van der Waals surface area contributed by atoms with Gasteiger partial charge in [-0.05, 0) is 30.2 Å². The average molecular weight is 489 g/mol. The van der Waals surface area contributed by atoms with Crippen molar-refractivity contribution in [3.05, 3.63) is 83.4 Å². The molecule has 0 unspecified atom stereocenters. The lowest BCUT2D eigenvalue weighted by atomic mass is 10.1. The van der Waals surface area contributed by atoms with Crippen molar-refractivity contribution in [2.75, 3.05) is 11.9 Å². The van der Waals surface area contributed by atoms with E-state index in [4.69, 9.17) is 15.6 Å². The first-order valence-corrected chi connectivity index (χ1v) is 11.0. The number of aromatic amines is 1. The van der Waals surface area contributed by atoms with Crippen LogP contribution in [0.25, 0.3) is 11.0 Å². The Labute approximate surface area is 205 Å². The van der Waals surface area contributed by atoms with E-state index in [1.807, 2.05) is 37.3 Å². The summed E-state index contributed by atoms with van der Waals surface area (Å²) in [5, 5.41) is 14.6. The number of nitrogens with two attached hydrogens (primary N) is 1. The van der Waals surface area contributed by atoms with Gasteiger partial charge in [-0.2, -0.15) is 0 Å². The molecule has 1 atom stereocenters. The van der Waals surface area contributed by atoms with E-state index >= 15 is 0 Å². The number of nitrogens with zero attached hydrogens (tertiary/aromatic N) is 2. The molecule has 1 aliphatic heterocycles. The van der Waals surface area contributed by atoms with Crippen molar-refractivity contribution in [1.82, 2.24) is 20.3 Å². The van der Waals surface area contributed by atoms with Crippen molar-refractivity contribution < 1.29 is 24.2 Å². The van der Waals surface area contributed by atoms with Crippen molar-refractivity contribution in [3.8, 4) is 5.75 Å². The predicted molar refractivity (Wildman–Crippen MR) is 132 cm³/mol. The minimum atomic E-state index is -1.15. The highest BCUT2D eigenvalue weighted by Crippen LogP contribution is 2.28. The van der Waals surface area contributed by atoms with Crippen LogP contribution in [0.4, 0.5) is 5.69 Å². The molecule has 0 bridgehead atoms. The molecule has 11 nitrogen and oxygen atoms in total. The summed E-state index contributed by atoms with van der Waals surface area (Å²) in [5.74, 6) is -1.31. The van der Waals surface area contributed by atoms with Crippen molar-refractivity contribution in [1.29, 1.82) is 0 Å². The molecule has 5 rings (SSSR count). The van der Waals surface area contributed by atoms with Crippen molar-refractivity contribution in [3.63, 3.8) is 0 Å². The molecular weight excluding hydrogens is 464 g/mol. The molecule has 2 amide bonds. The molecular formula is C25H24N6O5. The number of fused-ring (bicyclic) bond motifs is 2. The third kappa shape index (κ3) is 5.47. The first-order valence-electron chi connectivity index (χ1n) is 11.0. The molecule has 0 saturated heterocycles. The van der Waals surface area contributed by atoms with Gasteiger partial charge in [-0.3, -0.25) is 9.59 Å². The van der Waals surface area contributed by atoms with Gasteiger partial charge in [0.2, 0.25) is 0 Å². The number of H-pyrrole nitrogens is 1. The van der Waals surface area contributed by atoms with Gasteiger partial charge < -0.3 is 31.2 Å². The lowest BCUT2D eigenvalue weighted by Gasteiger charge is -2.18. The van der Waals surface area contributed by atoms with E-state index in [1.165, 1.54) is 11.8 Å². The summed E-state index contributed by atoms with van der Waals surface area (Å²) < 4.78 is 5.29. The molecule has 4 aromatic rings. The summed E-state index contributed by atoms with van der Waals surface area (Å²) >= 11 is 0. The van der Waals surface area contributed by atoms with Crippen LogP contribution in [0.2, 0.25) is 0 Å². The molecule has 0 saturated carbocycles. The van der Waals surface area contributed by atoms with Crippen LogP contribution in [-0.4, -0.2) is 44.4 Å². The second-order valence-corrected chi connectivity index (χ2v) is 8.00. The topological polar surface area (TPSA) is 172 Å².